The van der Waals surface area contributed by atoms with Crippen LogP contribution in [-0.4, -0.2) is 44.8 Å². The van der Waals surface area contributed by atoms with Gasteiger partial charge in [-0.3, -0.25) is 4.79 Å². The number of aromatic hydroxyl groups is 1. The number of nitrogens with one attached hydrogen (secondary N) is 1. The van der Waals surface area contributed by atoms with Crippen molar-refractivity contribution in [3.63, 3.8) is 0 Å². The molecule has 0 spiro atoms. The normalized spacial score (nSPS) is 12.3. The first-order valence-corrected chi connectivity index (χ1v) is 11.1. The number of rotatable bonds is 7. The zero-order valence-electron chi connectivity index (χ0n) is 19.2. The SMILES string of the molecule is O=C(N[C@@H](CO)Cc1ccc(O)cc1)c1cc(C(=O)O)c2cc(-c3cccc(C(F)(F)F)c3)ccc2n1. The molecule has 1 aromatic heterocycles. The van der Waals surface area contributed by atoms with Crippen LogP contribution >= 0.6 is 0 Å². The lowest BCUT2D eigenvalue weighted by Crippen LogP contribution is -2.39. The van der Waals surface area contributed by atoms with Crippen LogP contribution in [0.25, 0.3) is 22.0 Å². The van der Waals surface area contributed by atoms with Gasteiger partial charge in [0.25, 0.3) is 5.91 Å². The van der Waals surface area contributed by atoms with E-state index < -0.39 is 36.3 Å². The van der Waals surface area contributed by atoms with E-state index in [2.05, 4.69) is 10.3 Å². The zero-order valence-corrected chi connectivity index (χ0v) is 19.2. The van der Waals surface area contributed by atoms with Gasteiger partial charge in [0.2, 0.25) is 0 Å². The third-order valence-electron chi connectivity index (χ3n) is 5.77. The summed E-state index contributed by atoms with van der Waals surface area (Å²) < 4.78 is 39.4. The van der Waals surface area contributed by atoms with E-state index >= 15 is 0 Å². The summed E-state index contributed by atoms with van der Waals surface area (Å²) in [5.74, 6) is -1.97. The number of aliphatic hydroxyl groups is 1. The first-order chi connectivity index (χ1) is 17.5. The van der Waals surface area contributed by atoms with E-state index in [1.165, 1.54) is 42.5 Å². The maximum absolute atomic E-state index is 13.1. The van der Waals surface area contributed by atoms with Crippen LogP contribution in [0.2, 0.25) is 0 Å². The average molecular weight is 510 g/mol. The minimum atomic E-state index is -4.53. The van der Waals surface area contributed by atoms with Crippen LogP contribution in [0.5, 0.6) is 5.75 Å². The Labute approximate surface area is 208 Å². The van der Waals surface area contributed by atoms with Gasteiger partial charge < -0.3 is 20.6 Å². The molecule has 4 N–H and O–H groups in total. The van der Waals surface area contributed by atoms with Gasteiger partial charge in [-0.05, 0) is 65.6 Å². The van der Waals surface area contributed by atoms with Crippen molar-refractivity contribution in [3.05, 3.63) is 95.2 Å². The van der Waals surface area contributed by atoms with Crippen LogP contribution in [0.1, 0.15) is 32.0 Å². The summed E-state index contributed by atoms with van der Waals surface area (Å²) in [6.45, 7) is -0.396. The average Bonchev–Trinajstić information content (AvgIpc) is 2.88. The van der Waals surface area contributed by atoms with Gasteiger partial charge in [0, 0.05) is 5.39 Å². The number of carbonyl (C=O) groups excluding carboxylic acids is 1. The summed E-state index contributed by atoms with van der Waals surface area (Å²) in [5.41, 5.74) is 0.240. The van der Waals surface area contributed by atoms with E-state index in [1.807, 2.05) is 0 Å². The highest BCUT2D eigenvalue weighted by atomic mass is 19.4. The molecule has 4 rings (SSSR count). The highest BCUT2D eigenvalue weighted by Crippen LogP contribution is 2.33. The Bertz CT molecular complexity index is 1470. The number of pyridine rings is 1. The quantitative estimate of drug-likeness (QED) is 0.287. The van der Waals surface area contributed by atoms with E-state index in [9.17, 15) is 38.1 Å². The molecule has 1 atom stereocenters. The Morgan fingerprint density at radius 3 is 2.30 bits per heavy atom. The molecule has 0 saturated heterocycles. The van der Waals surface area contributed by atoms with E-state index in [1.54, 1.807) is 12.1 Å². The molecule has 3 aromatic carbocycles. The van der Waals surface area contributed by atoms with Crippen LogP contribution in [0.15, 0.2) is 72.8 Å². The number of benzene rings is 3. The largest absolute Gasteiger partial charge is 0.508 e. The molecule has 0 unspecified atom stereocenters. The molecule has 0 aliphatic heterocycles. The van der Waals surface area contributed by atoms with E-state index in [4.69, 9.17) is 0 Å². The van der Waals surface area contributed by atoms with Gasteiger partial charge in [0.1, 0.15) is 11.4 Å². The maximum atomic E-state index is 13.1. The number of hydrogen-bond acceptors (Lipinski definition) is 5. The van der Waals surface area contributed by atoms with Crippen LogP contribution in [0, 0.1) is 0 Å². The fourth-order valence-corrected chi connectivity index (χ4v) is 3.91. The molecule has 10 heteroatoms. The number of carbonyl (C=O) groups is 2. The van der Waals surface area contributed by atoms with Crippen LogP contribution in [0.3, 0.4) is 0 Å². The van der Waals surface area contributed by atoms with Crippen molar-refractivity contribution in [1.82, 2.24) is 10.3 Å². The van der Waals surface area contributed by atoms with Gasteiger partial charge in [-0.2, -0.15) is 13.2 Å². The Morgan fingerprint density at radius 1 is 0.946 bits per heavy atom. The predicted molar refractivity (Wildman–Crippen MR) is 129 cm³/mol. The topological polar surface area (TPSA) is 120 Å². The first-order valence-electron chi connectivity index (χ1n) is 11.1. The van der Waals surface area contributed by atoms with Crippen molar-refractivity contribution in [2.24, 2.45) is 0 Å². The second-order valence-electron chi connectivity index (χ2n) is 8.39. The number of halogens is 3. The van der Waals surface area contributed by atoms with Crippen molar-refractivity contribution in [2.45, 2.75) is 18.6 Å². The molecule has 0 bridgehead atoms. The molecule has 0 fully saturated rings. The lowest BCUT2D eigenvalue weighted by Gasteiger charge is -2.17. The molecule has 1 heterocycles. The molecule has 1 amide bonds. The maximum Gasteiger partial charge on any atom is 0.416 e. The van der Waals surface area contributed by atoms with Crippen LogP contribution in [0.4, 0.5) is 13.2 Å². The van der Waals surface area contributed by atoms with E-state index in [0.29, 0.717) is 5.56 Å². The molecule has 7 nitrogen and oxygen atoms in total. The number of aromatic nitrogens is 1. The minimum Gasteiger partial charge on any atom is -0.508 e. The molecule has 0 aliphatic rings. The highest BCUT2D eigenvalue weighted by molar-refractivity contribution is 6.06. The molecule has 0 saturated carbocycles. The molecule has 37 heavy (non-hydrogen) atoms. The highest BCUT2D eigenvalue weighted by Gasteiger charge is 2.30. The number of aromatic carboxylic acids is 1. The lowest BCUT2D eigenvalue weighted by molar-refractivity contribution is -0.137. The third kappa shape index (κ3) is 5.87. The second kappa shape index (κ2) is 10.3. The van der Waals surface area contributed by atoms with E-state index in [-0.39, 0.29) is 39.9 Å². The zero-order chi connectivity index (χ0) is 26.7. The Balaban J connectivity index is 1.65. The van der Waals surface area contributed by atoms with Gasteiger partial charge in [-0.1, -0.05) is 30.3 Å². The van der Waals surface area contributed by atoms with Crippen molar-refractivity contribution in [3.8, 4) is 16.9 Å². The molecule has 190 valence electrons. The summed E-state index contributed by atoms with van der Waals surface area (Å²) in [7, 11) is 0. The summed E-state index contributed by atoms with van der Waals surface area (Å²) in [4.78, 5) is 29.1. The number of amides is 1. The molecule has 0 aliphatic carbocycles. The number of carboxylic acid groups (broad SMARTS) is 1. The summed E-state index contributed by atoms with van der Waals surface area (Å²) >= 11 is 0. The number of aliphatic hydroxyl groups excluding tert-OH is 1. The minimum absolute atomic E-state index is 0.0751. The number of alkyl halides is 3. The number of phenols is 1. The van der Waals surface area contributed by atoms with Gasteiger partial charge in [0.15, 0.2) is 0 Å². The predicted octanol–water partition coefficient (Wildman–Crippen LogP) is 4.66. The Kier molecular flexibility index (Phi) is 7.12. The van der Waals surface area contributed by atoms with Crippen molar-refractivity contribution in [1.29, 1.82) is 0 Å². The molecule has 0 radical (unpaired) electrons. The fourth-order valence-electron chi connectivity index (χ4n) is 3.91. The van der Waals surface area contributed by atoms with Gasteiger partial charge in [-0.15, -0.1) is 0 Å². The third-order valence-corrected chi connectivity index (χ3v) is 5.77. The van der Waals surface area contributed by atoms with Crippen molar-refractivity contribution < 1.29 is 38.1 Å². The summed E-state index contributed by atoms with van der Waals surface area (Å²) in [6, 6.07) is 15.6. The Morgan fingerprint density at radius 2 is 1.65 bits per heavy atom. The lowest BCUT2D eigenvalue weighted by atomic mass is 9.98. The first kappa shape index (κ1) is 25.6. The molecular formula is C27H21F3N2O5. The fraction of sp³-hybridized carbons (Fsp3) is 0.148. The van der Waals surface area contributed by atoms with Crippen LogP contribution < -0.4 is 5.32 Å². The standard InChI is InChI=1S/C27H21F3N2O5/c28-27(29,30)18-3-1-2-16(11-18)17-6-9-23-21(12-17)22(26(36)37)13-24(32-23)25(35)31-19(14-33)10-15-4-7-20(34)8-5-15/h1-9,11-13,19,33-34H,10,14H2,(H,31,35)(H,36,37)/t19-/m1/s1. The van der Waals surface area contributed by atoms with Crippen molar-refractivity contribution in [2.75, 3.05) is 6.61 Å². The summed E-state index contributed by atoms with van der Waals surface area (Å²) in [6.07, 6.45) is -4.28. The number of carboxylic acids is 1. The Hall–Kier alpha value is -4.44. The van der Waals surface area contributed by atoms with E-state index in [0.717, 1.165) is 23.8 Å². The van der Waals surface area contributed by atoms with Gasteiger partial charge in [0.05, 0.1) is 29.3 Å². The van der Waals surface area contributed by atoms with Crippen LogP contribution in [-0.2, 0) is 12.6 Å². The monoisotopic (exact) mass is 510 g/mol. The van der Waals surface area contributed by atoms with Crippen molar-refractivity contribution >= 4 is 22.8 Å². The second-order valence-corrected chi connectivity index (χ2v) is 8.39. The summed E-state index contributed by atoms with van der Waals surface area (Å²) in [5, 5.41) is 31.7. The van der Waals surface area contributed by atoms with Gasteiger partial charge >= 0.3 is 12.1 Å². The number of phenolic OH excluding ortho intramolecular Hbond substituents is 1. The number of fused-ring (bicyclic) bond motifs is 1. The van der Waals surface area contributed by atoms with Gasteiger partial charge in [-0.25, -0.2) is 9.78 Å². The number of nitrogens with zero attached hydrogens (tertiary/aromatic N) is 1. The number of hydrogen-bond donors (Lipinski definition) is 4. The smallest absolute Gasteiger partial charge is 0.416 e. The molecule has 4 aromatic rings. The molecular weight excluding hydrogens is 489 g/mol.